The van der Waals surface area contributed by atoms with Crippen molar-refractivity contribution in [2.24, 2.45) is 5.92 Å². The first-order valence-electron chi connectivity index (χ1n) is 5.47. The van der Waals surface area contributed by atoms with Crippen molar-refractivity contribution >= 4 is 23.1 Å². The average Bonchev–Trinajstić information content (AvgIpc) is 2.66. The van der Waals surface area contributed by atoms with Gasteiger partial charge in [-0.2, -0.15) is 0 Å². The van der Waals surface area contributed by atoms with Gasteiger partial charge >= 0.3 is 0 Å². The molecule has 4 heteroatoms. The summed E-state index contributed by atoms with van der Waals surface area (Å²) in [6.07, 6.45) is 5.82. The van der Waals surface area contributed by atoms with E-state index >= 15 is 0 Å². The van der Waals surface area contributed by atoms with E-state index < -0.39 is 0 Å². The minimum absolute atomic E-state index is 0.889. The van der Waals surface area contributed by atoms with Crippen molar-refractivity contribution in [2.75, 3.05) is 19.0 Å². The van der Waals surface area contributed by atoms with Crippen LogP contribution in [-0.2, 0) is 4.74 Å². The summed E-state index contributed by atoms with van der Waals surface area (Å²) in [5.41, 5.74) is 0. The number of hydrogen-bond acceptors (Lipinski definition) is 4. The number of thioether (sulfide) groups is 1. The van der Waals surface area contributed by atoms with E-state index in [-0.39, 0.29) is 0 Å². The topological polar surface area (TPSA) is 22.1 Å². The summed E-state index contributed by atoms with van der Waals surface area (Å²) in [5, 5.41) is 1.17. The molecule has 2 rings (SSSR count). The van der Waals surface area contributed by atoms with Crippen molar-refractivity contribution in [3.63, 3.8) is 0 Å². The van der Waals surface area contributed by atoms with E-state index in [9.17, 15) is 0 Å². The molecule has 0 radical (unpaired) electrons. The summed E-state index contributed by atoms with van der Waals surface area (Å²) in [6.45, 7) is 4.00. The van der Waals surface area contributed by atoms with Gasteiger partial charge in [0.25, 0.3) is 0 Å². The second-order valence-electron chi connectivity index (χ2n) is 3.89. The Balaban J connectivity index is 1.65. The van der Waals surface area contributed by atoms with E-state index in [0.29, 0.717) is 0 Å². The minimum Gasteiger partial charge on any atom is -0.381 e. The predicted octanol–water partition coefficient (Wildman–Crippen LogP) is 3.36. The summed E-state index contributed by atoms with van der Waals surface area (Å²) >= 11 is 3.75. The Bertz CT molecular complexity index is 295. The zero-order valence-electron chi connectivity index (χ0n) is 9.07. The van der Waals surface area contributed by atoms with Crippen LogP contribution in [0, 0.1) is 12.8 Å². The van der Waals surface area contributed by atoms with E-state index in [1.807, 2.05) is 18.0 Å². The molecule has 0 saturated carbocycles. The highest BCUT2D eigenvalue weighted by molar-refractivity contribution is 8.01. The van der Waals surface area contributed by atoms with Crippen LogP contribution < -0.4 is 0 Å². The van der Waals surface area contributed by atoms with Crippen LogP contribution in [0.3, 0.4) is 0 Å². The van der Waals surface area contributed by atoms with Crippen molar-refractivity contribution in [3.05, 3.63) is 11.2 Å². The molecule has 0 unspecified atom stereocenters. The van der Waals surface area contributed by atoms with Gasteiger partial charge in [-0.25, -0.2) is 4.98 Å². The Kier molecular flexibility index (Phi) is 4.47. The fourth-order valence-corrected chi connectivity index (χ4v) is 3.90. The van der Waals surface area contributed by atoms with Crippen molar-refractivity contribution in [1.82, 2.24) is 4.98 Å². The SMILES string of the molecule is Cc1ncc(SCCC2CCOCC2)s1. The van der Waals surface area contributed by atoms with Gasteiger partial charge in [-0.05, 0) is 37.9 Å². The summed E-state index contributed by atoms with van der Waals surface area (Å²) in [4.78, 5) is 4.26. The van der Waals surface area contributed by atoms with E-state index in [2.05, 4.69) is 11.9 Å². The zero-order valence-corrected chi connectivity index (χ0v) is 10.7. The summed E-state index contributed by atoms with van der Waals surface area (Å²) < 4.78 is 6.71. The number of thiazole rings is 1. The lowest BCUT2D eigenvalue weighted by atomic mass is 9.98. The van der Waals surface area contributed by atoms with Gasteiger partial charge in [0.15, 0.2) is 0 Å². The Morgan fingerprint density at radius 1 is 1.53 bits per heavy atom. The summed E-state index contributed by atoms with van der Waals surface area (Å²) in [6, 6.07) is 0. The number of aryl methyl sites for hydroxylation is 1. The molecular formula is C11H17NOS2. The zero-order chi connectivity index (χ0) is 10.5. The predicted molar refractivity (Wildman–Crippen MR) is 65.7 cm³/mol. The van der Waals surface area contributed by atoms with E-state index in [1.165, 1.54) is 34.2 Å². The van der Waals surface area contributed by atoms with Crippen LogP contribution in [0.25, 0.3) is 0 Å². The van der Waals surface area contributed by atoms with Crippen LogP contribution in [0.4, 0.5) is 0 Å². The highest BCUT2D eigenvalue weighted by atomic mass is 32.2. The third-order valence-corrected chi connectivity index (χ3v) is 4.85. The molecule has 1 aliphatic rings. The highest BCUT2D eigenvalue weighted by Crippen LogP contribution is 2.28. The summed E-state index contributed by atoms with van der Waals surface area (Å²) in [5.74, 6) is 2.12. The molecule has 15 heavy (non-hydrogen) atoms. The van der Waals surface area contributed by atoms with E-state index in [0.717, 1.165) is 19.1 Å². The largest absolute Gasteiger partial charge is 0.381 e. The monoisotopic (exact) mass is 243 g/mol. The fraction of sp³-hybridized carbons (Fsp3) is 0.727. The lowest BCUT2D eigenvalue weighted by Gasteiger charge is -2.21. The third kappa shape index (κ3) is 3.78. The molecule has 84 valence electrons. The second kappa shape index (κ2) is 5.87. The summed E-state index contributed by atoms with van der Waals surface area (Å²) in [7, 11) is 0. The molecule has 1 fully saturated rings. The Morgan fingerprint density at radius 2 is 2.33 bits per heavy atom. The number of hydrogen-bond donors (Lipinski definition) is 0. The Hall–Kier alpha value is -0.0600. The van der Waals surface area contributed by atoms with Gasteiger partial charge in [-0.15, -0.1) is 23.1 Å². The Morgan fingerprint density at radius 3 is 3.00 bits per heavy atom. The molecule has 0 amide bonds. The molecule has 0 N–H and O–H groups in total. The van der Waals surface area contributed by atoms with Crippen LogP contribution in [0.15, 0.2) is 10.4 Å². The van der Waals surface area contributed by atoms with Crippen molar-refractivity contribution in [1.29, 1.82) is 0 Å². The maximum Gasteiger partial charge on any atom is 0.0905 e. The smallest absolute Gasteiger partial charge is 0.0905 e. The molecule has 1 aliphatic heterocycles. The van der Waals surface area contributed by atoms with Crippen molar-refractivity contribution in [2.45, 2.75) is 30.4 Å². The van der Waals surface area contributed by atoms with Gasteiger partial charge < -0.3 is 4.74 Å². The lowest BCUT2D eigenvalue weighted by molar-refractivity contribution is 0.0657. The van der Waals surface area contributed by atoms with Crippen LogP contribution in [-0.4, -0.2) is 24.0 Å². The van der Waals surface area contributed by atoms with E-state index in [4.69, 9.17) is 4.74 Å². The van der Waals surface area contributed by atoms with Gasteiger partial charge in [0, 0.05) is 13.2 Å². The van der Waals surface area contributed by atoms with Crippen molar-refractivity contribution in [3.8, 4) is 0 Å². The first kappa shape index (κ1) is 11.4. The van der Waals surface area contributed by atoms with Gasteiger partial charge in [0.2, 0.25) is 0 Å². The molecule has 0 spiro atoms. The highest BCUT2D eigenvalue weighted by Gasteiger charge is 2.13. The second-order valence-corrected chi connectivity index (χ2v) is 6.52. The van der Waals surface area contributed by atoms with Gasteiger partial charge in [-0.1, -0.05) is 0 Å². The molecular weight excluding hydrogens is 226 g/mol. The molecule has 1 aromatic rings. The van der Waals surface area contributed by atoms with Crippen LogP contribution in [0.1, 0.15) is 24.3 Å². The maximum atomic E-state index is 5.35. The van der Waals surface area contributed by atoms with Gasteiger partial charge in [0.1, 0.15) is 0 Å². The molecule has 1 aromatic heterocycles. The molecule has 0 atom stereocenters. The fourth-order valence-electron chi connectivity index (χ4n) is 1.77. The number of rotatable bonds is 4. The molecule has 0 aliphatic carbocycles. The maximum absolute atomic E-state index is 5.35. The van der Waals surface area contributed by atoms with Crippen LogP contribution >= 0.6 is 23.1 Å². The molecule has 2 heterocycles. The van der Waals surface area contributed by atoms with Crippen molar-refractivity contribution < 1.29 is 4.74 Å². The number of aromatic nitrogens is 1. The average molecular weight is 243 g/mol. The molecule has 1 saturated heterocycles. The third-order valence-electron chi connectivity index (χ3n) is 2.71. The van der Waals surface area contributed by atoms with Crippen LogP contribution in [0.2, 0.25) is 0 Å². The van der Waals surface area contributed by atoms with E-state index in [1.54, 1.807) is 11.3 Å². The normalized spacial score (nSPS) is 18.2. The molecule has 0 aromatic carbocycles. The minimum atomic E-state index is 0.889. The molecule has 2 nitrogen and oxygen atoms in total. The quantitative estimate of drug-likeness (QED) is 0.757. The molecule has 0 bridgehead atoms. The standard InChI is InChI=1S/C11H17NOS2/c1-9-12-8-11(15-9)14-7-4-10-2-5-13-6-3-10/h8,10H,2-7H2,1H3. The lowest BCUT2D eigenvalue weighted by Crippen LogP contribution is -2.15. The number of ether oxygens (including phenoxy) is 1. The van der Waals surface area contributed by atoms with Gasteiger partial charge in [-0.3, -0.25) is 0 Å². The van der Waals surface area contributed by atoms with Crippen LogP contribution in [0.5, 0.6) is 0 Å². The first-order valence-corrected chi connectivity index (χ1v) is 7.28. The number of nitrogens with zero attached hydrogens (tertiary/aromatic N) is 1. The Labute approximate surface area is 99.4 Å². The first-order chi connectivity index (χ1) is 7.34. The van der Waals surface area contributed by atoms with Gasteiger partial charge in [0.05, 0.1) is 15.4 Å².